The van der Waals surface area contributed by atoms with Crippen LogP contribution in [0.25, 0.3) is 0 Å². The van der Waals surface area contributed by atoms with E-state index in [-0.39, 0.29) is 0 Å². The molecular weight excluding hydrogens is 128 g/mol. The second-order valence-corrected chi connectivity index (χ2v) is 1.63. The van der Waals surface area contributed by atoms with Crippen LogP contribution >= 0.6 is 0 Å². The molecule has 1 rings (SSSR count). The number of hydrogen-bond acceptors (Lipinski definition) is 2. The molecule has 0 saturated carbocycles. The average molecular weight is 133 g/mol. The Kier molecular flexibility index (Phi) is 1.46. The number of alkyl halides is 2. The molecule has 4 heteroatoms. The Hall–Kier alpha value is -0.930. The molecule has 0 aliphatic heterocycles. The zero-order valence-electron chi connectivity index (χ0n) is 4.77. The number of nitrogens with zero attached hydrogens (tertiary/aromatic N) is 1. The molecular formula is C5H5F2NO. The first-order valence-corrected chi connectivity index (χ1v) is 2.40. The molecule has 50 valence electrons. The maximum absolute atomic E-state index is 11.6. The van der Waals surface area contributed by atoms with Gasteiger partial charge in [-0.2, -0.15) is 8.78 Å². The third-order valence-electron chi connectivity index (χ3n) is 0.823. The van der Waals surface area contributed by atoms with Crippen LogP contribution in [0.5, 0.6) is 0 Å². The third-order valence-corrected chi connectivity index (χ3v) is 0.823. The maximum Gasteiger partial charge on any atom is 0.313 e. The van der Waals surface area contributed by atoms with Gasteiger partial charge in [-0.3, -0.25) is 0 Å². The monoisotopic (exact) mass is 133 g/mol. The molecule has 0 radical (unpaired) electrons. The van der Waals surface area contributed by atoms with Gasteiger partial charge in [-0.05, 0) is 6.92 Å². The number of aromatic nitrogens is 1. The van der Waals surface area contributed by atoms with Gasteiger partial charge in [0.05, 0.1) is 5.69 Å². The highest BCUT2D eigenvalue weighted by Gasteiger charge is 2.11. The highest BCUT2D eigenvalue weighted by atomic mass is 19.3. The predicted molar refractivity (Wildman–Crippen MR) is 26.2 cm³/mol. The van der Waals surface area contributed by atoms with Crippen molar-refractivity contribution >= 4 is 0 Å². The SMILES string of the molecule is Cc1coc(C(F)F)n1. The van der Waals surface area contributed by atoms with E-state index in [1.54, 1.807) is 6.92 Å². The van der Waals surface area contributed by atoms with Crippen LogP contribution in [0, 0.1) is 6.92 Å². The van der Waals surface area contributed by atoms with Crippen molar-refractivity contribution in [1.82, 2.24) is 4.98 Å². The molecule has 0 fully saturated rings. The molecule has 1 heterocycles. The minimum Gasteiger partial charge on any atom is -0.444 e. The number of rotatable bonds is 1. The van der Waals surface area contributed by atoms with E-state index in [0.717, 1.165) is 0 Å². The summed E-state index contributed by atoms with van der Waals surface area (Å²) < 4.78 is 27.6. The molecule has 0 saturated heterocycles. The summed E-state index contributed by atoms with van der Waals surface area (Å²) >= 11 is 0. The van der Waals surface area contributed by atoms with Crippen LogP contribution in [0.2, 0.25) is 0 Å². The lowest BCUT2D eigenvalue weighted by atomic mass is 10.6. The van der Waals surface area contributed by atoms with Crippen molar-refractivity contribution < 1.29 is 13.2 Å². The molecule has 0 atom stereocenters. The van der Waals surface area contributed by atoms with Gasteiger partial charge >= 0.3 is 6.43 Å². The summed E-state index contributed by atoms with van der Waals surface area (Å²) in [5.41, 5.74) is 0.477. The lowest BCUT2D eigenvalue weighted by molar-refractivity contribution is 0.115. The van der Waals surface area contributed by atoms with E-state index >= 15 is 0 Å². The topological polar surface area (TPSA) is 26.0 Å². The van der Waals surface area contributed by atoms with Gasteiger partial charge in [-0.1, -0.05) is 0 Å². The Morgan fingerprint density at radius 2 is 2.33 bits per heavy atom. The van der Waals surface area contributed by atoms with Crippen LogP contribution in [0.3, 0.4) is 0 Å². The van der Waals surface area contributed by atoms with E-state index in [4.69, 9.17) is 0 Å². The Bertz CT molecular complexity index is 197. The maximum atomic E-state index is 11.6. The second kappa shape index (κ2) is 2.13. The summed E-state index contributed by atoms with van der Waals surface area (Å²) in [5.74, 6) is -0.507. The highest BCUT2D eigenvalue weighted by molar-refractivity contribution is 4.93. The largest absolute Gasteiger partial charge is 0.444 e. The Labute approximate surface area is 50.5 Å². The summed E-state index contributed by atoms with van der Waals surface area (Å²) in [6.45, 7) is 1.59. The van der Waals surface area contributed by atoms with Crippen LogP contribution in [0.4, 0.5) is 8.78 Å². The number of aryl methyl sites for hydroxylation is 1. The van der Waals surface area contributed by atoms with E-state index < -0.39 is 12.3 Å². The lowest BCUT2D eigenvalue weighted by Gasteiger charge is -1.85. The van der Waals surface area contributed by atoms with E-state index in [0.29, 0.717) is 5.69 Å². The fourth-order valence-corrected chi connectivity index (χ4v) is 0.472. The number of hydrogen-bond donors (Lipinski definition) is 0. The lowest BCUT2D eigenvalue weighted by Crippen LogP contribution is -1.81. The summed E-state index contributed by atoms with van der Waals surface area (Å²) in [6.07, 6.45) is -1.40. The highest BCUT2D eigenvalue weighted by Crippen LogP contribution is 2.16. The fourth-order valence-electron chi connectivity index (χ4n) is 0.472. The van der Waals surface area contributed by atoms with Gasteiger partial charge in [-0.25, -0.2) is 4.98 Å². The van der Waals surface area contributed by atoms with Gasteiger partial charge in [-0.15, -0.1) is 0 Å². The second-order valence-electron chi connectivity index (χ2n) is 1.63. The van der Waals surface area contributed by atoms with Gasteiger partial charge in [0.2, 0.25) is 0 Å². The van der Waals surface area contributed by atoms with Crippen molar-refractivity contribution in [2.45, 2.75) is 13.3 Å². The molecule has 0 aromatic carbocycles. The van der Waals surface area contributed by atoms with Gasteiger partial charge < -0.3 is 4.42 Å². The van der Waals surface area contributed by atoms with Gasteiger partial charge in [0.1, 0.15) is 6.26 Å². The van der Waals surface area contributed by atoms with Gasteiger partial charge in [0.15, 0.2) is 0 Å². The van der Waals surface area contributed by atoms with Crippen LogP contribution in [-0.2, 0) is 0 Å². The molecule has 0 aliphatic carbocycles. The molecule has 0 unspecified atom stereocenters. The van der Waals surface area contributed by atoms with E-state index in [9.17, 15) is 8.78 Å². The summed E-state index contributed by atoms with van der Waals surface area (Å²) in [6, 6.07) is 0. The van der Waals surface area contributed by atoms with Crippen LogP contribution in [0.15, 0.2) is 10.7 Å². The Morgan fingerprint density at radius 3 is 2.56 bits per heavy atom. The standard InChI is InChI=1S/C5H5F2NO/c1-3-2-9-5(8-3)4(6)7/h2,4H,1H3. The fraction of sp³-hybridized carbons (Fsp3) is 0.400. The third kappa shape index (κ3) is 1.25. The average Bonchev–Trinajstić information content (AvgIpc) is 2.14. The van der Waals surface area contributed by atoms with Crippen molar-refractivity contribution in [1.29, 1.82) is 0 Å². The molecule has 1 aromatic heterocycles. The minimum atomic E-state index is -2.60. The number of halogens is 2. The van der Waals surface area contributed by atoms with Crippen LogP contribution < -0.4 is 0 Å². The molecule has 0 aliphatic rings. The molecule has 0 spiro atoms. The van der Waals surface area contributed by atoms with E-state index in [1.807, 2.05) is 0 Å². The van der Waals surface area contributed by atoms with E-state index in [2.05, 4.69) is 9.40 Å². The quantitative estimate of drug-likeness (QED) is 0.584. The smallest absolute Gasteiger partial charge is 0.313 e. The van der Waals surface area contributed by atoms with Crippen LogP contribution in [0.1, 0.15) is 18.0 Å². The van der Waals surface area contributed by atoms with Crippen molar-refractivity contribution in [3.8, 4) is 0 Å². The first kappa shape index (κ1) is 6.19. The Morgan fingerprint density at radius 1 is 1.67 bits per heavy atom. The van der Waals surface area contributed by atoms with Gasteiger partial charge in [0, 0.05) is 0 Å². The normalized spacial score (nSPS) is 10.7. The predicted octanol–water partition coefficient (Wildman–Crippen LogP) is 1.92. The molecule has 2 nitrogen and oxygen atoms in total. The van der Waals surface area contributed by atoms with Crippen molar-refractivity contribution in [3.05, 3.63) is 17.8 Å². The Balaban J connectivity index is 2.85. The van der Waals surface area contributed by atoms with Crippen molar-refractivity contribution in [2.24, 2.45) is 0 Å². The molecule has 1 aromatic rings. The van der Waals surface area contributed by atoms with Crippen molar-refractivity contribution in [2.75, 3.05) is 0 Å². The molecule has 0 N–H and O–H groups in total. The zero-order chi connectivity index (χ0) is 6.85. The molecule has 0 bridgehead atoms. The summed E-state index contributed by atoms with van der Waals surface area (Å²) in [4.78, 5) is 3.39. The van der Waals surface area contributed by atoms with Crippen LogP contribution in [-0.4, -0.2) is 4.98 Å². The molecule has 9 heavy (non-hydrogen) atoms. The molecule has 0 amide bonds. The number of oxazole rings is 1. The summed E-state index contributed by atoms with van der Waals surface area (Å²) in [5, 5.41) is 0. The summed E-state index contributed by atoms with van der Waals surface area (Å²) in [7, 11) is 0. The van der Waals surface area contributed by atoms with E-state index in [1.165, 1.54) is 6.26 Å². The zero-order valence-corrected chi connectivity index (χ0v) is 4.77. The first-order chi connectivity index (χ1) is 4.20. The van der Waals surface area contributed by atoms with Crippen molar-refractivity contribution in [3.63, 3.8) is 0 Å². The minimum absolute atomic E-state index is 0.477. The first-order valence-electron chi connectivity index (χ1n) is 2.40. The van der Waals surface area contributed by atoms with Gasteiger partial charge in [0.25, 0.3) is 5.89 Å².